The van der Waals surface area contributed by atoms with Crippen molar-refractivity contribution < 1.29 is 14.9 Å². The van der Waals surface area contributed by atoms with Crippen LogP contribution in [0.4, 0.5) is 0 Å². The first-order valence-corrected chi connectivity index (χ1v) is 7.09. The van der Waals surface area contributed by atoms with Crippen molar-refractivity contribution in [2.24, 2.45) is 12.0 Å². The van der Waals surface area contributed by atoms with Gasteiger partial charge in [0.15, 0.2) is 0 Å². The first kappa shape index (κ1) is 16.0. The van der Waals surface area contributed by atoms with Crippen LogP contribution in [-0.2, 0) is 12.6 Å². The van der Waals surface area contributed by atoms with E-state index in [2.05, 4.69) is 10.1 Å². The largest absolute Gasteiger partial charge is 0.507 e. The normalized spacial score (nSPS) is 14.2. The van der Waals surface area contributed by atoms with Gasteiger partial charge in [-0.1, -0.05) is 0 Å². The number of aryl methyl sites for hydroxylation is 1. The Morgan fingerprint density at radius 3 is 2.86 bits per heavy atom. The summed E-state index contributed by atoms with van der Waals surface area (Å²) in [6, 6.07) is 4.97. The lowest BCUT2D eigenvalue weighted by atomic mass is 10.00. The molecule has 6 nitrogen and oxygen atoms in total. The summed E-state index contributed by atoms with van der Waals surface area (Å²) in [5, 5.41) is 24.3. The molecule has 0 aliphatic rings. The van der Waals surface area contributed by atoms with Gasteiger partial charge in [0.05, 0.1) is 19.3 Å². The van der Waals surface area contributed by atoms with Crippen LogP contribution in [-0.4, -0.2) is 39.4 Å². The predicted molar refractivity (Wildman–Crippen MR) is 84.5 cm³/mol. The second-order valence-corrected chi connectivity index (χ2v) is 5.30. The second-order valence-electron chi connectivity index (χ2n) is 5.30. The van der Waals surface area contributed by atoms with E-state index >= 15 is 0 Å². The van der Waals surface area contributed by atoms with E-state index in [-0.39, 0.29) is 12.3 Å². The summed E-state index contributed by atoms with van der Waals surface area (Å²) < 4.78 is 7.02. The average Bonchev–Trinajstić information content (AvgIpc) is 2.90. The number of phenols is 1. The molecular weight excluding hydrogens is 282 g/mol. The minimum Gasteiger partial charge on any atom is -0.507 e. The van der Waals surface area contributed by atoms with Crippen molar-refractivity contribution in [2.75, 3.05) is 13.2 Å². The minimum atomic E-state index is -1.11. The van der Waals surface area contributed by atoms with Crippen LogP contribution in [0.3, 0.4) is 0 Å². The van der Waals surface area contributed by atoms with Gasteiger partial charge in [0.25, 0.3) is 0 Å². The van der Waals surface area contributed by atoms with E-state index in [0.29, 0.717) is 23.5 Å². The smallest absolute Gasteiger partial charge is 0.124 e. The molecule has 0 saturated carbocycles. The predicted octanol–water partition coefficient (Wildman–Crippen LogP) is 1.85. The lowest BCUT2D eigenvalue weighted by molar-refractivity contribution is 0.0675. The van der Waals surface area contributed by atoms with Crippen molar-refractivity contribution in [3.63, 3.8) is 0 Å². The highest BCUT2D eigenvalue weighted by molar-refractivity contribution is 5.84. The molecule has 2 N–H and O–H groups in total. The van der Waals surface area contributed by atoms with Gasteiger partial charge in [-0.05, 0) is 32.0 Å². The molecule has 1 aromatic carbocycles. The Morgan fingerprint density at radius 2 is 2.23 bits per heavy atom. The second kappa shape index (κ2) is 6.62. The van der Waals surface area contributed by atoms with E-state index in [9.17, 15) is 10.2 Å². The van der Waals surface area contributed by atoms with Gasteiger partial charge in [-0.25, -0.2) is 0 Å². The number of aromatic hydroxyl groups is 1. The number of benzene rings is 1. The number of aliphatic imine (C=N–C) groups is 1. The Balaban J connectivity index is 2.10. The quantitative estimate of drug-likeness (QED) is 0.798. The summed E-state index contributed by atoms with van der Waals surface area (Å²) in [5.41, 5.74) is 0.130. The number of ether oxygens (including phenoxy) is 1. The molecule has 118 valence electrons. The lowest BCUT2D eigenvalue weighted by Gasteiger charge is -2.18. The maximum Gasteiger partial charge on any atom is 0.124 e. The Kier molecular flexibility index (Phi) is 4.82. The molecule has 0 radical (unpaired) electrons. The number of rotatable bonds is 6. The molecule has 0 spiro atoms. The summed E-state index contributed by atoms with van der Waals surface area (Å²) in [6.07, 6.45) is 4.90. The van der Waals surface area contributed by atoms with E-state index in [0.717, 1.165) is 0 Å². The molecule has 0 amide bonds. The third-order valence-electron chi connectivity index (χ3n) is 3.27. The standard InChI is InChI=1S/C16H21N3O3/c1-4-22-14-5-6-15(20)12(7-14)8-17-11-16(2,21)13-9-18-19(3)10-13/h5-10,20-21H,4,11H2,1-3H3. The van der Waals surface area contributed by atoms with Crippen LogP contribution in [0, 0.1) is 0 Å². The summed E-state index contributed by atoms with van der Waals surface area (Å²) in [4.78, 5) is 4.23. The van der Waals surface area contributed by atoms with Crippen LogP contribution >= 0.6 is 0 Å². The Hall–Kier alpha value is -2.34. The molecular formula is C16H21N3O3. The van der Waals surface area contributed by atoms with Crippen molar-refractivity contribution in [2.45, 2.75) is 19.4 Å². The third-order valence-corrected chi connectivity index (χ3v) is 3.27. The molecule has 2 aromatic rings. The molecule has 0 bridgehead atoms. The molecule has 0 aliphatic heterocycles. The van der Waals surface area contributed by atoms with Gasteiger partial charge in [0, 0.05) is 30.6 Å². The lowest BCUT2D eigenvalue weighted by Crippen LogP contribution is -2.24. The molecule has 1 heterocycles. The fraction of sp³-hybridized carbons (Fsp3) is 0.375. The molecule has 0 saturated heterocycles. The van der Waals surface area contributed by atoms with Gasteiger partial charge < -0.3 is 14.9 Å². The van der Waals surface area contributed by atoms with Crippen LogP contribution in [0.25, 0.3) is 0 Å². The molecule has 1 unspecified atom stereocenters. The maximum absolute atomic E-state index is 10.4. The van der Waals surface area contributed by atoms with Crippen LogP contribution < -0.4 is 4.74 Å². The fourth-order valence-electron chi connectivity index (χ4n) is 2.00. The SMILES string of the molecule is CCOc1ccc(O)c(C=NCC(C)(O)c2cnn(C)c2)c1. The molecule has 1 atom stereocenters. The summed E-state index contributed by atoms with van der Waals surface area (Å²) in [5.74, 6) is 0.786. The van der Waals surface area contributed by atoms with Gasteiger partial charge in [-0.3, -0.25) is 9.67 Å². The van der Waals surface area contributed by atoms with Crippen LogP contribution in [0.2, 0.25) is 0 Å². The first-order valence-electron chi connectivity index (χ1n) is 7.09. The van der Waals surface area contributed by atoms with E-state index in [1.54, 1.807) is 49.2 Å². The van der Waals surface area contributed by atoms with Gasteiger partial charge >= 0.3 is 0 Å². The minimum absolute atomic E-state index is 0.119. The molecule has 2 rings (SSSR count). The van der Waals surface area contributed by atoms with Crippen molar-refractivity contribution in [1.82, 2.24) is 9.78 Å². The number of aliphatic hydroxyl groups is 1. The zero-order valence-corrected chi connectivity index (χ0v) is 13.0. The number of hydrogen-bond donors (Lipinski definition) is 2. The number of hydrogen-bond acceptors (Lipinski definition) is 5. The molecule has 0 fully saturated rings. The number of phenolic OH excluding ortho intramolecular Hbond substituents is 1. The highest BCUT2D eigenvalue weighted by Crippen LogP contribution is 2.23. The van der Waals surface area contributed by atoms with Gasteiger partial charge in [0.2, 0.25) is 0 Å². The third kappa shape index (κ3) is 3.85. The van der Waals surface area contributed by atoms with Crippen LogP contribution in [0.1, 0.15) is 25.0 Å². The monoisotopic (exact) mass is 303 g/mol. The van der Waals surface area contributed by atoms with Gasteiger partial charge in [0.1, 0.15) is 17.1 Å². The Labute approximate surface area is 129 Å². The molecule has 0 aliphatic carbocycles. The van der Waals surface area contributed by atoms with Gasteiger partial charge in [-0.15, -0.1) is 0 Å². The van der Waals surface area contributed by atoms with E-state index in [1.165, 1.54) is 6.21 Å². The number of aromatic nitrogens is 2. The van der Waals surface area contributed by atoms with Gasteiger partial charge in [-0.2, -0.15) is 5.10 Å². The number of nitrogens with zero attached hydrogens (tertiary/aromatic N) is 3. The molecule has 22 heavy (non-hydrogen) atoms. The van der Waals surface area contributed by atoms with Crippen LogP contribution in [0.5, 0.6) is 11.5 Å². The topological polar surface area (TPSA) is 79.9 Å². The zero-order valence-electron chi connectivity index (χ0n) is 13.0. The average molecular weight is 303 g/mol. The molecule has 6 heteroatoms. The fourth-order valence-corrected chi connectivity index (χ4v) is 2.00. The van der Waals surface area contributed by atoms with Crippen molar-refractivity contribution in [3.8, 4) is 11.5 Å². The van der Waals surface area contributed by atoms with Crippen molar-refractivity contribution in [1.29, 1.82) is 0 Å². The highest BCUT2D eigenvalue weighted by Gasteiger charge is 2.23. The van der Waals surface area contributed by atoms with Crippen molar-refractivity contribution in [3.05, 3.63) is 41.7 Å². The van der Waals surface area contributed by atoms with Crippen molar-refractivity contribution >= 4 is 6.21 Å². The maximum atomic E-state index is 10.4. The summed E-state index contributed by atoms with van der Waals surface area (Å²) in [7, 11) is 1.79. The van der Waals surface area contributed by atoms with E-state index in [1.807, 2.05) is 6.92 Å². The summed E-state index contributed by atoms with van der Waals surface area (Å²) in [6.45, 7) is 4.29. The highest BCUT2D eigenvalue weighted by atomic mass is 16.5. The molecule has 1 aromatic heterocycles. The zero-order chi connectivity index (χ0) is 16.2. The van der Waals surface area contributed by atoms with E-state index in [4.69, 9.17) is 4.74 Å². The Bertz CT molecular complexity index is 662. The Morgan fingerprint density at radius 1 is 1.45 bits per heavy atom. The van der Waals surface area contributed by atoms with Crippen LogP contribution in [0.15, 0.2) is 35.6 Å². The first-order chi connectivity index (χ1) is 10.4. The summed E-state index contributed by atoms with van der Waals surface area (Å²) >= 11 is 0. The van der Waals surface area contributed by atoms with E-state index < -0.39 is 5.60 Å².